The van der Waals surface area contributed by atoms with Crippen LogP contribution in [0.5, 0.6) is 0 Å². The predicted octanol–water partition coefficient (Wildman–Crippen LogP) is 3.25. The molecule has 1 aromatic heterocycles. The number of amides is 1. The molecular formula is C14H18N4OS2. The lowest BCUT2D eigenvalue weighted by Gasteiger charge is -2.15. The molecule has 0 aliphatic heterocycles. The normalized spacial score (nSPS) is 12.1. The summed E-state index contributed by atoms with van der Waals surface area (Å²) >= 11 is 2.70. The highest BCUT2D eigenvalue weighted by atomic mass is 32.2. The molecule has 2 aromatic rings. The van der Waals surface area contributed by atoms with E-state index in [9.17, 15) is 4.79 Å². The van der Waals surface area contributed by atoms with Crippen LogP contribution in [0, 0.1) is 13.8 Å². The van der Waals surface area contributed by atoms with Crippen LogP contribution < -0.4 is 11.1 Å². The van der Waals surface area contributed by atoms with Gasteiger partial charge in [0.25, 0.3) is 0 Å². The van der Waals surface area contributed by atoms with E-state index in [0.717, 1.165) is 21.2 Å². The summed E-state index contributed by atoms with van der Waals surface area (Å²) < 4.78 is 0.718. The van der Waals surface area contributed by atoms with Crippen LogP contribution in [0.1, 0.15) is 24.5 Å². The zero-order valence-electron chi connectivity index (χ0n) is 12.2. The van der Waals surface area contributed by atoms with Crippen LogP contribution in [-0.2, 0) is 4.79 Å². The van der Waals surface area contributed by atoms with E-state index in [0.29, 0.717) is 11.6 Å². The highest BCUT2D eigenvalue weighted by molar-refractivity contribution is 8.02. The van der Waals surface area contributed by atoms with Crippen molar-refractivity contribution in [3.05, 3.63) is 29.3 Å². The fraction of sp³-hybridized carbons (Fsp3) is 0.357. The first kappa shape index (κ1) is 15.8. The van der Waals surface area contributed by atoms with Gasteiger partial charge in [0.15, 0.2) is 4.34 Å². The molecule has 21 heavy (non-hydrogen) atoms. The van der Waals surface area contributed by atoms with Gasteiger partial charge in [-0.3, -0.25) is 4.79 Å². The Labute approximate surface area is 132 Å². The molecule has 0 saturated heterocycles. The Hall–Kier alpha value is -1.60. The first-order chi connectivity index (χ1) is 9.99. The van der Waals surface area contributed by atoms with E-state index in [1.54, 1.807) is 0 Å². The third-order valence-corrected chi connectivity index (χ3v) is 5.18. The summed E-state index contributed by atoms with van der Waals surface area (Å²) in [6.45, 7) is 5.96. The van der Waals surface area contributed by atoms with Gasteiger partial charge in [-0.2, -0.15) is 0 Å². The SMILES string of the molecule is CCC(Sc1nnc(N)s1)C(=O)Nc1cc(C)ccc1C. The Morgan fingerprint density at radius 2 is 2.19 bits per heavy atom. The number of rotatable bonds is 5. The summed E-state index contributed by atoms with van der Waals surface area (Å²) in [5.74, 6) is -0.0232. The van der Waals surface area contributed by atoms with Crippen LogP contribution in [0.3, 0.4) is 0 Å². The molecule has 1 aromatic carbocycles. The van der Waals surface area contributed by atoms with Crippen LogP contribution in [0.15, 0.2) is 22.5 Å². The second-order valence-electron chi connectivity index (χ2n) is 4.73. The van der Waals surface area contributed by atoms with Gasteiger partial charge in [-0.15, -0.1) is 10.2 Å². The standard InChI is InChI=1S/C14H18N4OS2/c1-4-11(20-14-18-17-13(15)21-14)12(19)16-10-7-8(2)5-6-9(10)3/h5-7,11H,4H2,1-3H3,(H2,15,17)(H,16,19). The molecule has 1 heterocycles. The maximum atomic E-state index is 12.4. The molecule has 0 fully saturated rings. The monoisotopic (exact) mass is 322 g/mol. The maximum absolute atomic E-state index is 12.4. The van der Waals surface area contributed by atoms with Crippen LogP contribution in [0.4, 0.5) is 10.8 Å². The number of benzene rings is 1. The first-order valence-corrected chi connectivity index (χ1v) is 8.33. The molecule has 1 amide bonds. The second kappa shape index (κ2) is 6.91. The smallest absolute Gasteiger partial charge is 0.237 e. The third-order valence-electron chi connectivity index (χ3n) is 2.98. The van der Waals surface area contributed by atoms with Crippen molar-refractivity contribution in [3.63, 3.8) is 0 Å². The van der Waals surface area contributed by atoms with E-state index < -0.39 is 0 Å². The third kappa shape index (κ3) is 4.18. The van der Waals surface area contributed by atoms with E-state index in [-0.39, 0.29) is 11.2 Å². The molecule has 0 saturated carbocycles. The molecule has 0 aliphatic rings. The molecule has 1 atom stereocenters. The van der Waals surface area contributed by atoms with Gasteiger partial charge < -0.3 is 11.1 Å². The first-order valence-electron chi connectivity index (χ1n) is 6.63. The van der Waals surface area contributed by atoms with Gasteiger partial charge in [-0.05, 0) is 37.5 Å². The van der Waals surface area contributed by atoms with Crippen molar-refractivity contribution in [2.24, 2.45) is 0 Å². The van der Waals surface area contributed by atoms with Gasteiger partial charge in [0.1, 0.15) is 0 Å². The van der Waals surface area contributed by atoms with Crippen molar-refractivity contribution in [2.75, 3.05) is 11.1 Å². The Bertz CT molecular complexity index is 642. The summed E-state index contributed by atoms with van der Waals surface area (Å²) in [5.41, 5.74) is 8.59. The molecule has 5 nitrogen and oxygen atoms in total. The Kier molecular flexibility index (Phi) is 5.19. The minimum Gasteiger partial charge on any atom is -0.374 e. The van der Waals surface area contributed by atoms with E-state index >= 15 is 0 Å². The summed E-state index contributed by atoms with van der Waals surface area (Å²) in [5, 5.41) is 10.9. The van der Waals surface area contributed by atoms with Gasteiger partial charge in [-0.25, -0.2) is 0 Å². The Morgan fingerprint density at radius 3 is 2.81 bits per heavy atom. The largest absolute Gasteiger partial charge is 0.374 e. The van der Waals surface area contributed by atoms with Gasteiger partial charge in [-0.1, -0.05) is 42.2 Å². The minimum atomic E-state index is -0.211. The van der Waals surface area contributed by atoms with Crippen molar-refractivity contribution in [1.82, 2.24) is 10.2 Å². The quantitative estimate of drug-likeness (QED) is 0.826. The number of hydrogen-bond donors (Lipinski definition) is 2. The minimum absolute atomic E-state index is 0.0232. The summed E-state index contributed by atoms with van der Waals surface area (Å²) in [6.07, 6.45) is 0.709. The maximum Gasteiger partial charge on any atom is 0.237 e. The average molecular weight is 322 g/mol. The lowest BCUT2D eigenvalue weighted by molar-refractivity contribution is -0.115. The number of hydrogen-bond acceptors (Lipinski definition) is 6. The summed E-state index contributed by atoms with van der Waals surface area (Å²) in [4.78, 5) is 12.4. The van der Waals surface area contributed by atoms with E-state index in [1.807, 2.05) is 39.0 Å². The van der Waals surface area contributed by atoms with Gasteiger partial charge >= 0.3 is 0 Å². The van der Waals surface area contributed by atoms with Crippen LogP contribution in [0.2, 0.25) is 0 Å². The second-order valence-corrected chi connectivity index (χ2v) is 7.19. The highest BCUT2D eigenvalue weighted by Gasteiger charge is 2.20. The zero-order chi connectivity index (χ0) is 15.4. The number of aryl methyl sites for hydroxylation is 2. The molecule has 0 radical (unpaired) electrons. The van der Waals surface area contributed by atoms with Crippen molar-refractivity contribution in [1.29, 1.82) is 0 Å². The van der Waals surface area contributed by atoms with Crippen LogP contribution in [-0.4, -0.2) is 21.4 Å². The number of nitrogen functional groups attached to an aromatic ring is 1. The van der Waals surface area contributed by atoms with Crippen molar-refractivity contribution in [2.45, 2.75) is 36.8 Å². The molecular weight excluding hydrogens is 304 g/mol. The molecule has 2 rings (SSSR count). The van der Waals surface area contributed by atoms with Crippen LogP contribution >= 0.6 is 23.1 Å². The van der Waals surface area contributed by atoms with Gasteiger partial charge in [0, 0.05) is 5.69 Å². The van der Waals surface area contributed by atoms with Crippen molar-refractivity contribution < 1.29 is 4.79 Å². The fourth-order valence-corrected chi connectivity index (χ4v) is 3.60. The Morgan fingerprint density at radius 1 is 1.43 bits per heavy atom. The molecule has 3 N–H and O–H groups in total. The predicted molar refractivity (Wildman–Crippen MR) is 88.8 cm³/mol. The molecule has 7 heteroatoms. The Balaban J connectivity index is 2.07. The fourth-order valence-electron chi connectivity index (χ4n) is 1.80. The molecule has 1 unspecified atom stereocenters. The lowest BCUT2D eigenvalue weighted by Crippen LogP contribution is -2.25. The summed E-state index contributed by atoms with van der Waals surface area (Å²) in [7, 11) is 0. The number of nitrogens with zero attached hydrogens (tertiary/aromatic N) is 2. The molecule has 112 valence electrons. The highest BCUT2D eigenvalue weighted by Crippen LogP contribution is 2.30. The number of anilines is 2. The topological polar surface area (TPSA) is 80.9 Å². The number of thioether (sulfide) groups is 1. The van der Waals surface area contributed by atoms with E-state index in [1.165, 1.54) is 23.1 Å². The van der Waals surface area contributed by atoms with Gasteiger partial charge in [0.05, 0.1) is 5.25 Å². The number of carbonyl (C=O) groups excluding carboxylic acids is 1. The van der Waals surface area contributed by atoms with E-state index in [4.69, 9.17) is 5.73 Å². The number of carbonyl (C=O) groups is 1. The zero-order valence-corrected chi connectivity index (χ0v) is 13.8. The molecule has 0 spiro atoms. The van der Waals surface area contributed by atoms with Crippen molar-refractivity contribution >= 4 is 39.8 Å². The number of nitrogens with one attached hydrogen (secondary N) is 1. The van der Waals surface area contributed by atoms with Crippen molar-refractivity contribution in [3.8, 4) is 0 Å². The van der Waals surface area contributed by atoms with Crippen LogP contribution in [0.25, 0.3) is 0 Å². The number of nitrogens with two attached hydrogens (primary N) is 1. The average Bonchev–Trinajstić information content (AvgIpc) is 2.85. The van der Waals surface area contributed by atoms with E-state index in [2.05, 4.69) is 15.5 Å². The summed E-state index contributed by atoms with van der Waals surface area (Å²) in [6, 6.07) is 6.01. The number of aromatic nitrogens is 2. The van der Waals surface area contributed by atoms with Gasteiger partial charge in [0.2, 0.25) is 11.0 Å². The molecule has 0 aliphatic carbocycles. The lowest BCUT2D eigenvalue weighted by atomic mass is 10.1. The molecule has 0 bridgehead atoms.